The number of para-hydroxylation sites is 1. The predicted octanol–water partition coefficient (Wildman–Crippen LogP) is 3.77. The van der Waals surface area contributed by atoms with Crippen molar-refractivity contribution in [2.75, 3.05) is 40.9 Å². The Bertz CT molecular complexity index is 984. The largest absolute Gasteiger partial charge is 0.489 e. The highest BCUT2D eigenvalue weighted by Crippen LogP contribution is 2.41. The highest BCUT2D eigenvalue weighted by molar-refractivity contribution is 5.97. The summed E-state index contributed by atoms with van der Waals surface area (Å²) in [6.45, 7) is 1.30. The van der Waals surface area contributed by atoms with Crippen LogP contribution in [0.2, 0.25) is 0 Å². The fourth-order valence-electron chi connectivity index (χ4n) is 6.07. The van der Waals surface area contributed by atoms with Gasteiger partial charge < -0.3 is 24.0 Å². The molecule has 8 heteroatoms. The van der Waals surface area contributed by atoms with Crippen LogP contribution in [0.4, 0.5) is 0 Å². The molecule has 1 aromatic carbocycles. The fraction of sp³-hybridized carbons (Fsp3) is 0.679. The van der Waals surface area contributed by atoms with Gasteiger partial charge in [-0.1, -0.05) is 25.3 Å². The molecule has 0 N–H and O–H groups in total. The number of carbonyl (C=O) groups is 2. The van der Waals surface area contributed by atoms with Crippen LogP contribution in [-0.2, 0) is 14.3 Å². The van der Waals surface area contributed by atoms with E-state index in [1.165, 1.54) is 0 Å². The first-order valence-electron chi connectivity index (χ1n) is 13.2. The Morgan fingerprint density at radius 1 is 1.08 bits per heavy atom. The van der Waals surface area contributed by atoms with Crippen molar-refractivity contribution in [3.63, 3.8) is 0 Å². The summed E-state index contributed by atoms with van der Waals surface area (Å²) in [5.41, 5.74) is 0.442. The third-order valence-electron chi connectivity index (χ3n) is 8.19. The van der Waals surface area contributed by atoms with Crippen LogP contribution in [0.5, 0.6) is 5.75 Å². The number of nitrogens with zero attached hydrogens (tertiary/aromatic N) is 3. The summed E-state index contributed by atoms with van der Waals surface area (Å²) in [5.74, 6) is 0.214. The van der Waals surface area contributed by atoms with Crippen LogP contribution < -0.4 is 4.74 Å². The van der Waals surface area contributed by atoms with E-state index in [9.17, 15) is 14.9 Å². The minimum atomic E-state index is -0.333. The van der Waals surface area contributed by atoms with Gasteiger partial charge in [-0.05, 0) is 49.7 Å². The van der Waals surface area contributed by atoms with Crippen LogP contribution in [-0.4, -0.2) is 80.8 Å². The molecule has 2 heterocycles. The summed E-state index contributed by atoms with van der Waals surface area (Å²) in [6.07, 6.45) is 7.53. The minimum absolute atomic E-state index is 0.00440. The Balaban J connectivity index is 1.69. The van der Waals surface area contributed by atoms with Crippen molar-refractivity contribution in [3.8, 4) is 11.8 Å². The van der Waals surface area contributed by atoms with Crippen molar-refractivity contribution in [2.24, 2.45) is 5.41 Å². The molecule has 1 saturated heterocycles. The Hall–Kier alpha value is -2.63. The second-order valence-corrected chi connectivity index (χ2v) is 10.8. The van der Waals surface area contributed by atoms with Crippen molar-refractivity contribution in [2.45, 2.75) is 76.1 Å². The van der Waals surface area contributed by atoms with Gasteiger partial charge in [-0.15, -0.1) is 0 Å². The van der Waals surface area contributed by atoms with Crippen molar-refractivity contribution in [1.82, 2.24) is 9.80 Å². The maximum Gasteiger partial charge on any atom is 0.257 e. The van der Waals surface area contributed by atoms with Gasteiger partial charge in [-0.2, -0.15) is 5.26 Å². The number of benzene rings is 1. The number of fused-ring (bicyclic) bond motifs is 3. The quantitative estimate of drug-likeness (QED) is 0.587. The first-order valence-corrected chi connectivity index (χ1v) is 13.2. The summed E-state index contributed by atoms with van der Waals surface area (Å²) >= 11 is 0. The van der Waals surface area contributed by atoms with Gasteiger partial charge in [0.2, 0.25) is 5.91 Å². The third kappa shape index (κ3) is 5.84. The lowest BCUT2D eigenvalue weighted by Crippen LogP contribution is -2.46. The van der Waals surface area contributed by atoms with E-state index in [0.717, 1.165) is 51.4 Å². The predicted molar refractivity (Wildman–Crippen MR) is 135 cm³/mol. The Kier molecular flexibility index (Phi) is 8.53. The number of hydrogen-bond donors (Lipinski definition) is 0. The highest BCUT2D eigenvalue weighted by atomic mass is 16.6. The van der Waals surface area contributed by atoms with Gasteiger partial charge in [0.05, 0.1) is 23.3 Å². The molecule has 1 aliphatic carbocycles. The molecule has 1 aromatic rings. The van der Waals surface area contributed by atoms with E-state index in [0.29, 0.717) is 30.6 Å². The zero-order valence-electron chi connectivity index (χ0n) is 21.8. The topological polar surface area (TPSA) is 92.1 Å². The van der Waals surface area contributed by atoms with E-state index in [1.807, 2.05) is 11.9 Å². The van der Waals surface area contributed by atoms with E-state index in [2.05, 4.69) is 6.07 Å². The standard InChI is InChI=1S/C28H39N3O5/c1-30-15-12-21-10-11-23(34-3)24(36-21)18-35-26-20(17-29)8-7-9-22(26)27(33)31(2)19-28(16-25(30)32)13-5-4-6-14-28/h7-9,21,23-24H,4-6,10-16,18-19H2,1-3H3/t21-,23-,24+/m1/s1. The SMILES string of the molecule is CO[C@@H]1CC[C@@H]2CCN(C)C(=O)CC3(CCCCC3)CN(C)C(=O)c3cccc(C#N)c3OC[C@@H]1O2. The lowest BCUT2D eigenvalue weighted by molar-refractivity contribution is -0.146. The molecule has 36 heavy (non-hydrogen) atoms. The van der Waals surface area contributed by atoms with Crippen molar-refractivity contribution >= 4 is 11.8 Å². The summed E-state index contributed by atoms with van der Waals surface area (Å²) < 4.78 is 18.2. The summed E-state index contributed by atoms with van der Waals surface area (Å²) in [4.78, 5) is 30.6. The molecular formula is C28H39N3O5. The molecule has 3 aliphatic rings. The van der Waals surface area contributed by atoms with E-state index < -0.39 is 0 Å². The molecule has 1 saturated carbocycles. The average molecular weight is 498 g/mol. The number of carbonyl (C=O) groups excluding carboxylic acids is 2. The van der Waals surface area contributed by atoms with Gasteiger partial charge in [-0.25, -0.2) is 0 Å². The van der Waals surface area contributed by atoms with Crippen LogP contribution in [0.1, 0.15) is 73.7 Å². The Morgan fingerprint density at radius 3 is 2.58 bits per heavy atom. The van der Waals surface area contributed by atoms with Gasteiger partial charge >= 0.3 is 0 Å². The van der Waals surface area contributed by atoms with Crippen LogP contribution >= 0.6 is 0 Å². The second-order valence-electron chi connectivity index (χ2n) is 10.8. The first-order chi connectivity index (χ1) is 17.4. The molecule has 4 rings (SSSR count). The lowest BCUT2D eigenvalue weighted by atomic mass is 9.71. The molecule has 2 aliphatic heterocycles. The summed E-state index contributed by atoms with van der Waals surface area (Å²) in [5, 5.41) is 9.76. The first kappa shape index (κ1) is 26.4. The van der Waals surface area contributed by atoms with Crippen LogP contribution in [0, 0.1) is 16.7 Å². The lowest BCUT2D eigenvalue weighted by Gasteiger charge is -2.41. The number of methoxy groups -OCH3 is 1. The van der Waals surface area contributed by atoms with E-state index >= 15 is 0 Å². The molecule has 1 spiro atoms. The molecule has 0 radical (unpaired) electrons. The van der Waals surface area contributed by atoms with Crippen molar-refractivity contribution < 1.29 is 23.8 Å². The number of ether oxygens (including phenoxy) is 3. The number of nitriles is 1. The van der Waals surface area contributed by atoms with Gasteiger partial charge in [0, 0.05) is 40.7 Å². The molecule has 8 nitrogen and oxygen atoms in total. The maximum absolute atomic E-state index is 13.7. The van der Waals surface area contributed by atoms with Crippen LogP contribution in [0.15, 0.2) is 18.2 Å². The molecular weight excluding hydrogens is 458 g/mol. The van der Waals surface area contributed by atoms with Gasteiger partial charge in [0.25, 0.3) is 5.91 Å². The maximum atomic E-state index is 13.7. The normalized spacial score (nSPS) is 27.8. The van der Waals surface area contributed by atoms with E-state index in [1.54, 1.807) is 37.3 Å². The van der Waals surface area contributed by atoms with Gasteiger partial charge in [0.15, 0.2) is 0 Å². The minimum Gasteiger partial charge on any atom is -0.489 e. The monoisotopic (exact) mass is 497 g/mol. The molecule has 196 valence electrons. The zero-order valence-corrected chi connectivity index (χ0v) is 21.8. The van der Waals surface area contributed by atoms with Crippen LogP contribution in [0.25, 0.3) is 0 Å². The summed E-state index contributed by atoms with van der Waals surface area (Å²) in [6, 6.07) is 7.26. The van der Waals surface area contributed by atoms with Gasteiger partial charge in [0.1, 0.15) is 24.5 Å². The second kappa shape index (κ2) is 11.6. The highest BCUT2D eigenvalue weighted by Gasteiger charge is 2.39. The molecule has 2 amide bonds. The number of rotatable bonds is 1. The van der Waals surface area contributed by atoms with E-state index in [-0.39, 0.29) is 47.9 Å². The molecule has 0 aromatic heterocycles. The Morgan fingerprint density at radius 2 is 1.86 bits per heavy atom. The molecule has 2 fully saturated rings. The zero-order chi connectivity index (χ0) is 25.7. The smallest absolute Gasteiger partial charge is 0.257 e. The van der Waals surface area contributed by atoms with Gasteiger partial charge in [-0.3, -0.25) is 9.59 Å². The summed E-state index contributed by atoms with van der Waals surface area (Å²) in [7, 11) is 5.32. The van der Waals surface area contributed by atoms with Crippen LogP contribution in [0.3, 0.4) is 0 Å². The average Bonchev–Trinajstić information content (AvgIpc) is 2.89. The molecule has 2 bridgehead atoms. The van der Waals surface area contributed by atoms with E-state index in [4.69, 9.17) is 14.2 Å². The Labute approximate surface area is 214 Å². The number of amides is 2. The number of hydrogen-bond acceptors (Lipinski definition) is 6. The molecule has 0 unspecified atom stereocenters. The van der Waals surface area contributed by atoms with Crippen molar-refractivity contribution in [3.05, 3.63) is 29.3 Å². The van der Waals surface area contributed by atoms with Crippen molar-refractivity contribution in [1.29, 1.82) is 5.26 Å². The fourth-order valence-corrected chi connectivity index (χ4v) is 6.07. The molecule has 3 atom stereocenters. The third-order valence-corrected chi connectivity index (χ3v) is 8.19.